The van der Waals surface area contributed by atoms with Crippen molar-refractivity contribution in [3.63, 3.8) is 0 Å². The molecule has 0 atom stereocenters. The molecule has 10 heteroatoms. The van der Waals surface area contributed by atoms with Crippen LogP contribution in [0.15, 0.2) is 23.4 Å². The van der Waals surface area contributed by atoms with Crippen LogP contribution in [0.1, 0.15) is 33.3 Å². The summed E-state index contributed by atoms with van der Waals surface area (Å²) < 4.78 is 28.1. The zero-order valence-electron chi connectivity index (χ0n) is 16.6. The average Bonchev–Trinajstić information content (AvgIpc) is 3.04. The molecule has 0 saturated heterocycles. The van der Waals surface area contributed by atoms with E-state index in [2.05, 4.69) is 25.6 Å². The van der Waals surface area contributed by atoms with Gasteiger partial charge in [0.25, 0.3) is 0 Å². The van der Waals surface area contributed by atoms with Gasteiger partial charge in [-0.3, -0.25) is 0 Å². The highest BCUT2D eigenvalue weighted by atomic mass is 32.2. The summed E-state index contributed by atoms with van der Waals surface area (Å²) in [6.45, 7) is 7.64. The second-order valence-corrected chi connectivity index (χ2v) is 9.44. The third kappa shape index (κ3) is 5.31. The van der Waals surface area contributed by atoms with Gasteiger partial charge in [0.05, 0.1) is 12.1 Å². The first-order valence-electron chi connectivity index (χ1n) is 9.08. The molecule has 0 radical (unpaired) electrons. The zero-order chi connectivity index (χ0) is 21.2. The number of nitrogens with zero attached hydrogens (tertiary/aromatic N) is 3. The predicted molar refractivity (Wildman–Crippen MR) is 115 cm³/mol. The number of hydrogen-bond acceptors (Lipinski definition) is 8. The molecule has 3 rings (SSSR count). The van der Waals surface area contributed by atoms with Gasteiger partial charge in [0.15, 0.2) is 33.4 Å². The van der Waals surface area contributed by atoms with Crippen LogP contribution in [0.25, 0.3) is 10.3 Å². The number of nitrogens with one attached hydrogen (secondary N) is 2. The maximum Gasteiger partial charge on any atom is 0.191 e. The Kier molecular flexibility index (Phi) is 6.55. The van der Waals surface area contributed by atoms with E-state index in [-0.39, 0.29) is 24.0 Å². The van der Waals surface area contributed by atoms with E-state index in [1.807, 2.05) is 27.7 Å². The summed E-state index contributed by atoms with van der Waals surface area (Å²) in [7, 11) is 0. The van der Waals surface area contributed by atoms with E-state index in [0.717, 1.165) is 10.8 Å². The Hall–Kier alpha value is -2.04. The predicted octanol–water partition coefficient (Wildman–Crippen LogP) is 4.66. The Bertz CT molecular complexity index is 1010. The number of hydrogen-bond donors (Lipinski definition) is 3. The third-order valence-corrected chi connectivity index (χ3v) is 5.76. The molecule has 0 bridgehead atoms. The summed E-state index contributed by atoms with van der Waals surface area (Å²) in [5.41, 5.74) is 0.143. The van der Waals surface area contributed by atoms with Gasteiger partial charge >= 0.3 is 0 Å². The minimum absolute atomic E-state index is 0.0919. The van der Waals surface area contributed by atoms with Gasteiger partial charge in [-0.2, -0.15) is 4.98 Å². The molecule has 3 aromatic rings. The minimum atomic E-state index is -0.879. The lowest BCUT2D eigenvalue weighted by Gasteiger charge is -2.24. The molecule has 0 aliphatic carbocycles. The summed E-state index contributed by atoms with van der Waals surface area (Å²) in [6.07, 6.45) is 0. The van der Waals surface area contributed by atoms with E-state index in [1.54, 1.807) is 0 Å². The molecular formula is C19H23F2N5OS2. The molecule has 156 valence electrons. The molecule has 6 nitrogen and oxygen atoms in total. The number of rotatable bonds is 8. The smallest absolute Gasteiger partial charge is 0.191 e. The van der Waals surface area contributed by atoms with Crippen LogP contribution in [-0.4, -0.2) is 38.2 Å². The number of aromatic nitrogens is 3. The first-order chi connectivity index (χ1) is 13.7. The highest BCUT2D eigenvalue weighted by Gasteiger charge is 2.21. The van der Waals surface area contributed by atoms with Gasteiger partial charge in [0.1, 0.15) is 4.70 Å². The van der Waals surface area contributed by atoms with Crippen LogP contribution in [0.3, 0.4) is 0 Å². The highest BCUT2D eigenvalue weighted by Crippen LogP contribution is 2.34. The molecule has 0 amide bonds. The molecule has 0 aliphatic heterocycles. The van der Waals surface area contributed by atoms with Gasteiger partial charge < -0.3 is 15.7 Å². The van der Waals surface area contributed by atoms with Crippen molar-refractivity contribution < 1.29 is 13.9 Å². The fourth-order valence-electron chi connectivity index (χ4n) is 2.42. The summed E-state index contributed by atoms with van der Waals surface area (Å²) in [6, 6.07) is 4.30. The maximum atomic E-state index is 13.9. The van der Waals surface area contributed by atoms with Crippen molar-refractivity contribution in [2.24, 2.45) is 0 Å². The van der Waals surface area contributed by atoms with Crippen molar-refractivity contribution in [2.75, 3.05) is 17.2 Å². The first kappa shape index (κ1) is 21.7. The van der Waals surface area contributed by atoms with Crippen LogP contribution < -0.4 is 10.6 Å². The molecule has 29 heavy (non-hydrogen) atoms. The summed E-state index contributed by atoms with van der Waals surface area (Å²) in [4.78, 5) is 13.6. The van der Waals surface area contributed by atoms with Crippen LogP contribution in [0.4, 0.5) is 19.7 Å². The van der Waals surface area contributed by atoms with Crippen LogP contribution >= 0.6 is 23.1 Å². The van der Waals surface area contributed by atoms with E-state index < -0.39 is 17.2 Å². The Labute approximate surface area is 176 Å². The van der Waals surface area contributed by atoms with Gasteiger partial charge in [0, 0.05) is 17.4 Å². The molecule has 0 aliphatic rings. The standard InChI is InChI=1S/C19H23F2N5OS2/c1-10(2)22-18-24-15-14(29-18)16(26-19(3,4)9-27)25-17(23-15)28-8-11-6-5-7-12(20)13(11)21/h5-7,10,27H,8-9H2,1-4H3,(H2,22,23,24,25,26). The molecule has 2 aromatic heterocycles. The third-order valence-electron chi connectivity index (χ3n) is 3.89. The fourth-order valence-corrected chi connectivity index (χ4v) is 4.23. The Morgan fingerprint density at radius 1 is 1.21 bits per heavy atom. The number of benzene rings is 1. The lowest BCUT2D eigenvalue weighted by molar-refractivity contribution is 0.234. The fraction of sp³-hybridized carbons (Fsp3) is 0.421. The Morgan fingerprint density at radius 2 is 1.97 bits per heavy atom. The van der Waals surface area contributed by atoms with Crippen LogP contribution in [0.2, 0.25) is 0 Å². The van der Waals surface area contributed by atoms with E-state index in [4.69, 9.17) is 0 Å². The molecule has 0 fully saturated rings. The monoisotopic (exact) mass is 439 g/mol. The van der Waals surface area contributed by atoms with Crippen molar-refractivity contribution in [2.45, 2.75) is 50.2 Å². The second kappa shape index (κ2) is 8.76. The van der Waals surface area contributed by atoms with Gasteiger partial charge in [-0.1, -0.05) is 35.2 Å². The van der Waals surface area contributed by atoms with Gasteiger partial charge in [0.2, 0.25) is 0 Å². The summed E-state index contributed by atoms with van der Waals surface area (Å²) >= 11 is 2.62. The lowest BCUT2D eigenvalue weighted by atomic mass is 10.1. The number of thiazole rings is 1. The summed E-state index contributed by atoms with van der Waals surface area (Å²) in [5.74, 6) is -1.02. The zero-order valence-corrected chi connectivity index (χ0v) is 18.2. The number of halogens is 2. The van der Waals surface area contributed by atoms with Crippen LogP contribution in [0, 0.1) is 11.6 Å². The molecule has 0 saturated carbocycles. The van der Waals surface area contributed by atoms with Crippen molar-refractivity contribution in [1.29, 1.82) is 0 Å². The first-order valence-corrected chi connectivity index (χ1v) is 10.9. The van der Waals surface area contributed by atoms with E-state index in [1.165, 1.54) is 35.2 Å². The highest BCUT2D eigenvalue weighted by molar-refractivity contribution is 7.98. The molecule has 2 heterocycles. The SMILES string of the molecule is CC(C)Nc1nc2nc(SCc3cccc(F)c3F)nc(NC(C)(C)CO)c2s1. The quantitative estimate of drug-likeness (QED) is 0.348. The molecular weight excluding hydrogens is 416 g/mol. The number of fused-ring (bicyclic) bond motifs is 1. The van der Waals surface area contributed by atoms with Crippen LogP contribution in [-0.2, 0) is 5.75 Å². The number of anilines is 2. The van der Waals surface area contributed by atoms with E-state index >= 15 is 0 Å². The van der Waals surface area contributed by atoms with Crippen LogP contribution in [0.5, 0.6) is 0 Å². The van der Waals surface area contributed by atoms with E-state index in [0.29, 0.717) is 21.8 Å². The molecule has 0 spiro atoms. The molecule has 0 unspecified atom stereocenters. The largest absolute Gasteiger partial charge is 0.394 e. The molecule has 3 N–H and O–H groups in total. The van der Waals surface area contributed by atoms with Crippen molar-refractivity contribution in [3.05, 3.63) is 35.4 Å². The maximum absolute atomic E-state index is 13.9. The van der Waals surface area contributed by atoms with E-state index in [9.17, 15) is 13.9 Å². The second-order valence-electron chi connectivity index (χ2n) is 7.49. The Balaban J connectivity index is 1.95. The summed E-state index contributed by atoms with van der Waals surface area (Å²) in [5, 5.41) is 17.2. The minimum Gasteiger partial charge on any atom is -0.394 e. The van der Waals surface area contributed by atoms with Crippen molar-refractivity contribution in [1.82, 2.24) is 15.0 Å². The van der Waals surface area contributed by atoms with Gasteiger partial charge in [-0.25, -0.2) is 18.7 Å². The number of aliphatic hydroxyl groups is 1. The number of thioether (sulfide) groups is 1. The van der Waals surface area contributed by atoms with Gasteiger partial charge in [-0.15, -0.1) is 0 Å². The average molecular weight is 440 g/mol. The topological polar surface area (TPSA) is 83.0 Å². The van der Waals surface area contributed by atoms with Crippen molar-refractivity contribution in [3.8, 4) is 0 Å². The lowest BCUT2D eigenvalue weighted by Crippen LogP contribution is -2.35. The molecule has 1 aromatic carbocycles. The number of aliphatic hydroxyl groups excluding tert-OH is 1. The van der Waals surface area contributed by atoms with Crippen molar-refractivity contribution >= 4 is 44.4 Å². The Morgan fingerprint density at radius 3 is 2.66 bits per heavy atom. The van der Waals surface area contributed by atoms with Gasteiger partial charge in [-0.05, 0) is 33.8 Å². The normalized spacial score (nSPS) is 12.0.